The molecule has 0 fully saturated rings. The minimum Gasteiger partial charge on any atom is -0.206 e. The summed E-state index contributed by atoms with van der Waals surface area (Å²) in [7, 11) is 0. The summed E-state index contributed by atoms with van der Waals surface area (Å²) in [5.74, 6) is -6.45. The van der Waals surface area contributed by atoms with Crippen molar-refractivity contribution in [2.45, 2.75) is 39.0 Å². The van der Waals surface area contributed by atoms with Crippen LogP contribution in [0.1, 0.15) is 42.9 Å². The third-order valence-corrected chi connectivity index (χ3v) is 5.49. The molecule has 0 aliphatic heterocycles. The van der Waals surface area contributed by atoms with Crippen LogP contribution in [-0.2, 0) is 12.8 Å². The van der Waals surface area contributed by atoms with Crippen LogP contribution in [0.3, 0.4) is 0 Å². The fraction of sp³-hybridized carbons (Fsp3) is 0.250. The number of halogens is 5. The first-order chi connectivity index (χ1) is 13.9. The third kappa shape index (κ3) is 3.43. The Balaban J connectivity index is 1.75. The average molecular weight is 402 g/mol. The fourth-order valence-corrected chi connectivity index (χ4v) is 4.02. The zero-order valence-electron chi connectivity index (χ0n) is 15.9. The van der Waals surface area contributed by atoms with E-state index in [1.54, 1.807) is 0 Å². The van der Waals surface area contributed by atoms with Gasteiger partial charge in [-0.15, -0.1) is 0 Å². The standard InChI is InChI=1S/C24H19F5/c1-2-3-4-5-13-6-7-16-14(8-13)9-18-17(16)12-19(25)22(23(18)28)15-10-20(26)24(29)21(27)11-15/h6-8,10-12H,2-5,9H2,1H3. The predicted octanol–water partition coefficient (Wildman–Crippen LogP) is 7.35. The molecule has 3 aromatic carbocycles. The van der Waals surface area contributed by atoms with Gasteiger partial charge in [0.1, 0.15) is 11.6 Å². The maximum Gasteiger partial charge on any atom is 0.194 e. The van der Waals surface area contributed by atoms with E-state index in [2.05, 4.69) is 6.92 Å². The largest absolute Gasteiger partial charge is 0.206 e. The van der Waals surface area contributed by atoms with Crippen LogP contribution in [0, 0.1) is 29.1 Å². The van der Waals surface area contributed by atoms with Crippen LogP contribution < -0.4 is 0 Å². The van der Waals surface area contributed by atoms with Crippen LogP contribution in [0.5, 0.6) is 0 Å². The van der Waals surface area contributed by atoms with Gasteiger partial charge in [0.2, 0.25) is 0 Å². The van der Waals surface area contributed by atoms with Gasteiger partial charge in [0, 0.05) is 12.0 Å². The summed E-state index contributed by atoms with van der Waals surface area (Å²) in [6, 6.07) is 8.27. The van der Waals surface area contributed by atoms with Gasteiger partial charge in [-0.3, -0.25) is 0 Å². The second-order valence-corrected chi connectivity index (χ2v) is 7.45. The van der Waals surface area contributed by atoms with E-state index in [-0.39, 0.29) is 17.5 Å². The molecule has 1 aliphatic carbocycles. The van der Waals surface area contributed by atoms with Crippen molar-refractivity contribution in [3.63, 3.8) is 0 Å². The average Bonchev–Trinajstić information content (AvgIpc) is 3.04. The number of aryl methyl sites for hydroxylation is 1. The molecule has 3 aromatic rings. The fourth-order valence-electron chi connectivity index (χ4n) is 4.02. The van der Waals surface area contributed by atoms with Gasteiger partial charge in [-0.05, 0) is 58.9 Å². The number of unbranched alkanes of at least 4 members (excludes halogenated alkanes) is 2. The molecule has 0 spiro atoms. The SMILES string of the molecule is CCCCCc1ccc2c(c1)Cc1c-2cc(F)c(-c2cc(F)c(F)c(F)c2)c1F. The van der Waals surface area contributed by atoms with Gasteiger partial charge < -0.3 is 0 Å². The van der Waals surface area contributed by atoms with Crippen LogP contribution in [0.4, 0.5) is 22.0 Å². The molecule has 1 aliphatic rings. The summed E-state index contributed by atoms with van der Waals surface area (Å²) < 4.78 is 70.4. The Morgan fingerprint density at radius 3 is 2.17 bits per heavy atom. The molecule has 0 bridgehead atoms. The molecule has 0 radical (unpaired) electrons. The maximum absolute atomic E-state index is 15.2. The van der Waals surface area contributed by atoms with E-state index in [9.17, 15) is 17.6 Å². The van der Waals surface area contributed by atoms with Crippen molar-refractivity contribution in [2.75, 3.05) is 0 Å². The highest BCUT2D eigenvalue weighted by atomic mass is 19.2. The van der Waals surface area contributed by atoms with Crippen LogP contribution >= 0.6 is 0 Å². The van der Waals surface area contributed by atoms with E-state index in [1.165, 1.54) is 6.07 Å². The van der Waals surface area contributed by atoms with Crippen molar-refractivity contribution in [2.24, 2.45) is 0 Å². The molecule has 0 nitrogen and oxygen atoms in total. The van der Waals surface area contributed by atoms with Crippen LogP contribution in [0.15, 0.2) is 36.4 Å². The molecule has 0 aromatic heterocycles. The summed E-state index contributed by atoms with van der Waals surface area (Å²) in [4.78, 5) is 0. The molecule has 0 atom stereocenters. The van der Waals surface area contributed by atoms with Gasteiger partial charge in [-0.25, -0.2) is 22.0 Å². The second kappa shape index (κ2) is 7.62. The Bertz CT molecular complexity index is 1080. The molecular weight excluding hydrogens is 383 g/mol. The van der Waals surface area contributed by atoms with Crippen molar-refractivity contribution >= 4 is 0 Å². The summed E-state index contributed by atoms with van der Waals surface area (Å²) in [5.41, 5.74) is 2.64. The number of rotatable bonds is 5. The molecule has 4 rings (SSSR count). The highest BCUT2D eigenvalue weighted by Gasteiger charge is 2.28. The molecule has 0 saturated carbocycles. The Labute approximate surface area is 166 Å². The number of hydrogen-bond donors (Lipinski definition) is 0. The minimum atomic E-state index is -1.67. The van der Waals surface area contributed by atoms with Crippen LogP contribution in [-0.4, -0.2) is 0 Å². The van der Waals surface area contributed by atoms with Crippen LogP contribution in [0.25, 0.3) is 22.3 Å². The molecule has 29 heavy (non-hydrogen) atoms. The van der Waals surface area contributed by atoms with Gasteiger partial charge in [0.05, 0.1) is 5.56 Å². The predicted molar refractivity (Wildman–Crippen MR) is 103 cm³/mol. The van der Waals surface area contributed by atoms with Crippen molar-refractivity contribution in [3.8, 4) is 22.3 Å². The van der Waals surface area contributed by atoms with Crippen molar-refractivity contribution < 1.29 is 22.0 Å². The van der Waals surface area contributed by atoms with Gasteiger partial charge in [-0.1, -0.05) is 38.0 Å². The number of benzene rings is 3. The van der Waals surface area contributed by atoms with Gasteiger partial charge in [-0.2, -0.15) is 0 Å². The zero-order valence-corrected chi connectivity index (χ0v) is 15.9. The summed E-state index contributed by atoms with van der Waals surface area (Å²) in [5, 5.41) is 0. The summed E-state index contributed by atoms with van der Waals surface area (Å²) in [6.45, 7) is 2.13. The van der Waals surface area contributed by atoms with E-state index >= 15 is 4.39 Å². The summed E-state index contributed by atoms with van der Waals surface area (Å²) >= 11 is 0. The van der Waals surface area contributed by atoms with E-state index in [0.29, 0.717) is 17.7 Å². The number of fused-ring (bicyclic) bond motifs is 3. The Kier molecular flexibility index (Phi) is 5.15. The Morgan fingerprint density at radius 1 is 0.759 bits per heavy atom. The first-order valence-corrected chi connectivity index (χ1v) is 9.68. The highest BCUT2D eigenvalue weighted by Crippen LogP contribution is 2.43. The smallest absolute Gasteiger partial charge is 0.194 e. The van der Waals surface area contributed by atoms with Crippen molar-refractivity contribution in [3.05, 3.63) is 82.2 Å². The summed E-state index contributed by atoms with van der Waals surface area (Å²) in [6.07, 6.45) is 4.52. The third-order valence-electron chi connectivity index (χ3n) is 5.49. The maximum atomic E-state index is 15.2. The molecule has 0 N–H and O–H groups in total. The zero-order chi connectivity index (χ0) is 20.7. The van der Waals surface area contributed by atoms with Gasteiger partial charge >= 0.3 is 0 Å². The van der Waals surface area contributed by atoms with Crippen molar-refractivity contribution in [1.82, 2.24) is 0 Å². The van der Waals surface area contributed by atoms with E-state index in [0.717, 1.165) is 42.4 Å². The van der Waals surface area contributed by atoms with E-state index in [1.807, 2.05) is 18.2 Å². The lowest BCUT2D eigenvalue weighted by molar-refractivity contribution is 0.447. The first kappa shape index (κ1) is 19.6. The van der Waals surface area contributed by atoms with E-state index in [4.69, 9.17) is 0 Å². The number of hydrogen-bond acceptors (Lipinski definition) is 0. The molecule has 5 heteroatoms. The van der Waals surface area contributed by atoms with E-state index < -0.39 is 34.6 Å². The van der Waals surface area contributed by atoms with Gasteiger partial charge in [0.15, 0.2) is 17.5 Å². The lowest BCUT2D eigenvalue weighted by Gasteiger charge is -2.11. The Hall–Kier alpha value is -2.69. The normalized spacial score (nSPS) is 12.2. The van der Waals surface area contributed by atoms with Crippen LogP contribution in [0.2, 0.25) is 0 Å². The quantitative estimate of drug-likeness (QED) is 0.186. The molecule has 0 amide bonds. The van der Waals surface area contributed by atoms with Crippen molar-refractivity contribution in [1.29, 1.82) is 0 Å². The highest BCUT2D eigenvalue weighted by molar-refractivity contribution is 5.81. The molecule has 0 heterocycles. The monoisotopic (exact) mass is 402 g/mol. The molecule has 150 valence electrons. The second-order valence-electron chi connectivity index (χ2n) is 7.45. The molecular formula is C24H19F5. The Morgan fingerprint density at radius 2 is 1.48 bits per heavy atom. The minimum absolute atomic E-state index is 0.275. The molecule has 0 unspecified atom stereocenters. The topological polar surface area (TPSA) is 0 Å². The molecule has 0 saturated heterocycles. The first-order valence-electron chi connectivity index (χ1n) is 9.68. The van der Waals surface area contributed by atoms with Gasteiger partial charge in [0.25, 0.3) is 0 Å². The lowest BCUT2D eigenvalue weighted by Crippen LogP contribution is -1.99. The lowest BCUT2D eigenvalue weighted by atomic mass is 9.97.